The molecule has 1 aromatic heterocycles. The van der Waals surface area contributed by atoms with E-state index in [9.17, 15) is 9.18 Å². The molecule has 184 valence electrons. The highest BCUT2D eigenvalue weighted by atomic mass is 19.1. The highest BCUT2D eigenvalue weighted by molar-refractivity contribution is 5.94. The minimum Gasteiger partial charge on any atom is -0.378 e. The molecule has 0 aliphatic carbocycles. The molecule has 0 spiro atoms. The molecule has 0 unspecified atom stereocenters. The molecule has 0 radical (unpaired) electrons. The third-order valence-electron chi connectivity index (χ3n) is 6.57. The normalized spacial score (nSPS) is 18.1. The fourth-order valence-corrected chi connectivity index (χ4v) is 4.62. The summed E-state index contributed by atoms with van der Waals surface area (Å²) < 4.78 is 30.9. The number of hydrogen-bond acceptors (Lipinski definition) is 6. The predicted molar refractivity (Wildman–Crippen MR) is 130 cm³/mol. The quantitative estimate of drug-likeness (QED) is 0.499. The van der Waals surface area contributed by atoms with Gasteiger partial charge in [0, 0.05) is 37.4 Å². The zero-order valence-electron chi connectivity index (χ0n) is 19.9. The number of halogens is 1. The Balaban J connectivity index is 1.52. The summed E-state index contributed by atoms with van der Waals surface area (Å²) in [6.07, 6.45) is 1.90. The van der Waals surface area contributed by atoms with E-state index in [2.05, 4.69) is 10.1 Å². The van der Waals surface area contributed by atoms with E-state index in [1.807, 2.05) is 36.1 Å². The number of carbonyl (C=O) groups excluding carboxylic acids is 1. The van der Waals surface area contributed by atoms with E-state index < -0.39 is 0 Å². The van der Waals surface area contributed by atoms with Gasteiger partial charge in [0.15, 0.2) is 0 Å². The SMILES string of the molecule is Cc1ccc(C(=O)N(Cc2c(-c3ccc(F)cc3)noc2N2CCOCC2)C[C@H]2CCCO2)cc1. The lowest BCUT2D eigenvalue weighted by Crippen LogP contribution is -2.39. The number of aryl methyl sites for hydroxylation is 1. The van der Waals surface area contributed by atoms with Gasteiger partial charge in [0.25, 0.3) is 5.91 Å². The molecule has 3 heterocycles. The zero-order chi connectivity index (χ0) is 24.2. The van der Waals surface area contributed by atoms with E-state index in [1.54, 1.807) is 12.1 Å². The van der Waals surface area contributed by atoms with Crippen LogP contribution in [-0.2, 0) is 16.0 Å². The number of carbonyl (C=O) groups is 1. The predicted octanol–water partition coefficient (Wildman–Crippen LogP) is 4.45. The van der Waals surface area contributed by atoms with Crippen LogP contribution < -0.4 is 4.90 Å². The fraction of sp³-hybridized carbons (Fsp3) is 0.407. The van der Waals surface area contributed by atoms with Crippen LogP contribution in [0.1, 0.15) is 34.3 Å². The van der Waals surface area contributed by atoms with Crippen LogP contribution >= 0.6 is 0 Å². The number of hydrogen-bond donors (Lipinski definition) is 0. The summed E-state index contributed by atoms with van der Waals surface area (Å²) >= 11 is 0. The number of rotatable bonds is 7. The molecule has 1 atom stereocenters. The lowest BCUT2D eigenvalue weighted by Gasteiger charge is -2.29. The number of aromatic nitrogens is 1. The fourth-order valence-electron chi connectivity index (χ4n) is 4.62. The second kappa shape index (κ2) is 10.6. The summed E-state index contributed by atoms with van der Waals surface area (Å²) in [5, 5.41) is 4.37. The minimum absolute atomic E-state index is 0.00892. The molecule has 8 heteroatoms. The molecule has 0 bridgehead atoms. The lowest BCUT2D eigenvalue weighted by atomic mass is 10.0. The largest absolute Gasteiger partial charge is 0.378 e. The van der Waals surface area contributed by atoms with Gasteiger partial charge in [-0.1, -0.05) is 22.9 Å². The molecule has 0 N–H and O–H groups in total. The maximum absolute atomic E-state index is 13.7. The Labute approximate surface area is 204 Å². The van der Waals surface area contributed by atoms with Crippen molar-refractivity contribution in [1.29, 1.82) is 0 Å². The molecule has 2 fully saturated rings. The van der Waals surface area contributed by atoms with Crippen LogP contribution in [0.5, 0.6) is 0 Å². The maximum Gasteiger partial charge on any atom is 0.254 e. The molecule has 2 aromatic carbocycles. The molecule has 3 aromatic rings. The Bertz CT molecular complexity index is 1130. The maximum atomic E-state index is 13.7. The van der Waals surface area contributed by atoms with E-state index in [0.717, 1.165) is 29.5 Å². The van der Waals surface area contributed by atoms with Gasteiger partial charge in [-0.2, -0.15) is 0 Å². The van der Waals surface area contributed by atoms with Crippen LogP contribution in [0.3, 0.4) is 0 Å². The second-order valence-corrected chi connectivity index (χ2v) is 9.11. The average molecular weight is 480 g/mol. The van der Waals surface area contributed by atoms with Gasteiger partial charge in [-0.3, -0.25) is 4.79 Å². The van der Waals surface area contributed by atoms with Crippen molar-refractivity contribution >= 4 is 11.8 Å². The van der Waals surface area contributed by atoms with Gasteiger partial charge in [-0.25, -0.2) is 4.39 Å². The summed E-state index contributed by atoms with van der Waals surface area (Å²) in [6, 6.07) is 13.8. The third kappa shape index (κ3) is 5.39. The van der Waals surface area contributed by atoms with Crippen LogP contribution in [0.2, 0.25) is 0 Å². The van der Waals surface area contributed by atoms with Crippen molar-refractivity contribution in [2.24, 2.45) is 0 Å². The molecule has 1 amide bonds. The molecule has 2 saturated heterocycles. The molecule has 7 nitrogen and oxygen atoms in total. The smallest absolute Gasteiger partial charge is 0.254 e. The van der Waals surface area contributed by atoms with Crippen LogP contribution in [0, 0.1) is 12.7 Å². The van der Waals surface area contributed by atoms with E-state index in [0.29, 0.717) is 63.1 Å². The Morgan fingerprint density at radius 1 is 1.09 bits per heavy atom. The summed E-state index contributed by atoms with van der Waals surface area (Å²) in [5.74, 6) is 0.239. The van der Waals surface area contributed by atoms with Gasteiger partial charge in [0.05, 0.1) is 31.4 Å². The van der Waals surface area contributed by atoms with Crippen LogP contribution in [0.25, 0.3) is 11.3 Å². The van der Waals surface area contributed by atoms with Crippen molar-refractivity contribution in [2.45, 2.75) is 32.4 Å². The average Bonchev–Trinajstić information content (AvgIpc) is 3.55. The number of anilines is 1. The number of benzene rings is 2. The van der Waals surface area contributed by atoms with Crippen molar-refractivity contribution in [2.75, 3.05) is 44.4 Å². The Morgan fingerprint density at radius 3 is 2.51 bits per heavy atom. The zero-order valence-corrected chi connectivity index (χ0v) is 19.9. The standard InChI is InChI=1S/C27H30FN3O4/c1-19-4-6-21(7-5-19)26(32)31(17-23-3-2-14-34-23)18-24-25(20-8-10-22(28)11-9-20)29-35-27(24)30-12-15-33-16-13-30/h4-11,23H,2-3,12-18H2,1H3/t23-/m1/s1. The number of amides is 1. The van der Waals surface area contributed by atoms with Gasteiger partial charge >= 0.3 is 0 Å². The van der Waals surface area contributed by atoms with Crippen LogP contribution in [0.15, 0.2) is 53.1 Å². The van der Waals surface area contributed by atoms with Gasteiger partial charge in [0.1, 0.15) is 11.5 Å². The summed E-state index contributed by atoms with van der Waals surface area (Å²) in [6.45, 7) is 6.01. The highest BCUT2D eigenvalue weighted by Crippen LogP contribution is 2.34. The molecular weight excluding hydrogens is 449 g/mol. The molecule has 2 aliphatic rings. The Kier molecular flexibility index (Phi) is 7.11. The lowest BCUT2D eigenvalue weighted by molar-refractivity contribution is 0.0507. The van der Waals surface area contributed by atoms with Crippen LogP contribution in [0.4, 0.5) is 10.3 Å². The van der Waals surface area contributed by atoms with Gasteiger partial charge in [-0.15, -0.1) is 0 Å². The van der Waals surface area contributed by atoms with Crippen LogP contribution in [-0.4, -0.2) is 61.5 Å². The first kappa shape index (κ1) is 23.5. The first-order valence-electron chi connectivity index (χ1n) is 12.1. The first-order chi connectivity index (χ1) is 17.1. The Morgan fingerprint density at radius 2 is 1.83 bits per heavy atom. The third-order valence-corrected chi connectivity index (χ3v) is 6.57. The topological polar surface area (TPSA) is 68.0 Å². The Hall–Kier alpha value is -3.23. The van der Waals surface area contributed by atoms with Crippen molar-refractivity contribution < 1.29 is 23.2 Å². The number of ether oxygens (including phenoxy) is 2. The van der Waals surface area contributed by atoms with Crippen molar-refractivity contribution in [3.63, 3.8) is 0 Å². The molecular formula is C27H30FN3O4. The van der Waals surface area contributed by atoms with Crippen molar-refractivity contribution in [3.05, 3.63) is 71.0 Å². The van der Waals surface area contributed by atoms with Gasteiger partial charge in [0.2, 0.25) is 5.88 Å². The number of nitrogens with zero attached hydrogens (tertiary/aromatic N) is 3. The van der Waals surface area contributed by atoms with E-state index in [-0.39, 0.29) is 17.8 Å². The van der Waals surface area contributed by atoms with E-state index >= 15 is 0 Å². The monoisotopic (exact) mass is 479 g/mol. The van der Waals surface area contributed by atoms with Gasteiger partial charge < -0.3 is 23.8 Å². The van der Waals surface area contributed by atoms with Crippen molar-refractivity contribution in [3.8, 4) is 11.3 Å². The number of morpholine rings is 1. The minimum atomic E-state index is -0.318. The summed E-state index contributed by atoms with van der Waals surface area (Å²) in [7, 11) is 0. The van der Waals surface area contributed by atoms with Crippen molar-refractivity contribution in [1.82, 2.24) is 10.1 Å². The molecule has 35 heavy (non-hydrogen) atoms. The highest BCUT2D eigenvalue weighted by Gasteiger charge is 2.30. The molecule has 5 rings (SSSR count). The van der Waals surface area contributed by atoms with E-state index in [1.165, 1.54) is 12.1 Å². The molecule has 2 aliphatic heterocycles. The van der Waals surface area contributed by atoms with Gasteiger partial charge in [-0.05, 0) is 56.2 Å². The summed E-state index contributed by atoms with van der Waals surface area (Å²) in [4.78, 5) is 17.6. The first-order valence-corrected chi connectivity index (χ1v) is 12.1. The second-order valence-electron chi connectivity index (χ2n) is 9.11. The summed E-state index contributed by atoms with van der Waals surface area (Å²) in [5.41, 5.74) is 3.88. The molecule has 0 saturated carbocycles. The van der Waals surface area contributed by atoms with E-state index in [4.69, 9.17) is 14.0 Å².